The minimum Gasteiger partial charge on any atom is -0.497 e. The van der Waals surface area contributed by atoms with Gasteiger partial charge in [-0.15, -0.1) is 11.3 Å². The molecule has 0 atom stereocenters. The monoisotopic (exact) mass is 344 g/mol. The molecule has 23 heavy (non-hydrogen) atoms. The number of hydrogen-bond donors (Lipinski definition) is 1. The summed E-state index contributed by atoms with van der Waals surface area (Å²) in [6, 6.07) is 9.66. The summed E-state index contributed by atoms with van der Waals surface area (Å²) < 4.78 is 5.26. The summed E-state index contributed by atoms with van der Waals surface area (Å²) in [6.45, 7) is 1.91. The molecule has 7 heteroatoms. The molecular formula is C16H16N4OS2. The molecule has 0 aliphatic carbocycles. The summed E-state index contributed by atoms with van der Waals surface area (Å²) in [7, 11) is 1.66. The van der Waals surface area contributed by atoms with Crippen molar-refractivity contribution in [3.63, 3.8) is 0 Å². The van der Waals surface area contributed by atoms with Gasteiger partial charge in [-0.25, -0.2) is 15.0 Å². The smallest absolute Gasteiger partial charge is 0.190 e. The van der Waals surface area contributed by atoms with Crippen molar-refractivity contribution >= 4 is 28.9 Å². The predicted molar refractivity (Wildman–Crippen MR) is 94.8 cm³/mol. The van der Waals surface area contributed by atoms with E-state index in [-0.39, 0.29) is 0 Å². The van der Waals surface area contributed by atoms with Gasteiger partial charge in [0.2, 0.25) is 0 Å². The number of nitrogens with zero attached hydrogens (tertiary/aromatic N) is 3. The molecule has 0 unspecified atom stereocenters. The zero-order chi connectivity index (χ0) is 16.2. The molecule has 2 heterocycles. The fourth-order valence-corrected chi connectivity index (χ4v) is 3.76. The van der Waals surface area contributed by atoms with E-state index in [4.69, 9.17) is 10.5 Å². The molecule has 0 saturated carbocycles. The highest BCUT2D eigenvalue weighted by Gasteiger charge is 2.08. The molecule has 0 aliphatic heterocycles. The fraction of sp³-hybridized carbons (Fsp3) is 0.188. The Morgan fingerprint density at radius 2 is 2.09 bits per heavy atom. The maximum Gasteiger partial charge on any atom is 0.190 e. The first-order chi connectivity index (χ1) is 11.1. The van der Waals surface area contributed by atoms with Gasteiger partial charge in [0, 0.05) is 28.5 Å². The lowest BCUT2D eigenvalue weighted by molar-refractivity contribution is 0.415. The van der Waals surface area contributed by atoms with E-state index < -0.39 is 0 Å². The van der Waals surface area contributed by atoms with Crippen LogP contribution in [-0.4, -0.2) is 22.1 Å². The van der Waals surface area contributed by atoms with Crippen LogP contribution >= 0.6 is 23.1 Å². The lowest BCUT2D eigenvalue weighted by atomic mass is 10.2. The second-order valence-electron chi connectivity index (χ2n) is 4.88. The molecule has 2 N–H and O–H groups in total. The molecule has 0 radical (unpaired) electrons. The third-order valence-corrected chi connectivity index (χ3v) is 4.89. The molecule has 0 aliphatic rings. The molecular weight excluding hydrogens is 328 g/mol. The second kappa shape index (κ2) is 6.97. The van der Waals surface area contributed by atoms with Gasteiger partial charge in [-0.3, -0.25) is 0 Å². The number of methoxy groups -OCH3 is 1. The van der Waals surface area contributed by atoms with Gasteiger partial charge < -0.3 is 10.5 Å². The lowest BCUT2D eigenvalue weighted by Crippen LogP contribution is -1.96. The SMILES string of the molecule is COc1cccc(-c2nc(CSc3nc(C)cc(N)n3)cs2)c1. The normalized spacial score (nSPS) is 10.7. The van der Waals surface area contributed by atoms with Crippen LogP contribution in [0.3, 0.4) is 0 Å². The van der Waals surface area contributed by atoms with Gasteiger partial charge in [-0.1, -0.05) is 23.9 Å². The maximum atomic E-state index is 5.75. The Labute approximate surface area is 143 Å². The van der Waals surface area contributed by atoms with E-state index in [2.05, 4.69) is 20.3 Å². The number of rotatable bonds is 5. The average Bonchev–Trinajstić information content (AvgIpc) is 3.01. The summed E-state index contributed by atoms with van der Waals surface area (Å²) in [6.07, 6.45) is 0. The number of thioether (sulfide) groups is 1. The number of benzene rings is 1. The minimum absolute atomic E-state index is 0.496. The number of nitrogen functional groups attached to an aromatic ring is 1. The highest BCUT2D eigenvalue weighted by atomic mass is 32.2. The average molecular weight is 344 g/mol. The molecule has 0 fully saturated rings. The van der Waals surface area contributed by atoms with Crippen LogP contribution in [0.25, 0.3) is 10.6 Å². The summed E-state index contributed by atoms with van der Waals surface area (Å²) in [5, 5.41) is 3.71. The lowest BCUT2D eigenvalue weighted by Gasteiger charge is -2.02. The largest absolute Gasteiger partial charge is 0.497 e. The molecule has 3 rings (SSSR count). The van der Waals surface area contributed by atoms with Crippen molar-refractivity contribution in [1.82, 2.24) is 15.0 Å². The third kappa shape index (κ3) is 4.00. The van der Waals surface area contributed by atoms with Crippen LogP contribution in [0.2, 0.25) is 0 Å². The van der Waals surface area contributed by atoms with Crippen LogP contribution in [0.1, 0.15) is 11.4 Å². The molecule has 5 nitrogen and oxygen atoms in total. The van der Waals surface area contributed by atoms with Crippen molar-refractivity contribution in [3.05, 3.63) is 47.1 Å². The first kappa shape index (κ1) is 15.8. The number of aryl methyl sites for hydroxylation is 1. The van der Waals surface area contributed by atoms with Gasteiger partial charge in [0.05, 0.1) is 12.8 Å². The van der Waals surface area contributed by atoms with Crippen LogP contribution in [0.5, 0.6) is 5.75 Å². The highest BCUT2D eigenvalue weighted by Crippen LogP contribution is 2.29. The Morgan fingerprint density at radius 1 is 1.22 bits per heavy atom. The summed E-state index contributed by atoms with van der Waals surface area (Å²) in [5.41, 5.74) is 8.68. The van der Waals surface area contributed by atoms with E-state index in [0.717, 1.165) is 27.7 Å². The Morgan fingerprint density at radius 3 is 2.87 bits per heavy atom. The molecule has 0 amide bonds. The van der Waals surface area contributed by atoms with Gasteiger partial charge >= 0.3 is 0 Å². The number of aromatic nitrogens is 3. The quantitative estimate of drug-likeness (QED) is 0.561. The standard InChI is InChI=1S/C16H16N4OS2/c1-10-6-14(17)20-16(18-10)23-9-12-8-22-15(19-12)11-4-3-5-13(7-11)21-2/h3-8H,9H2,1-2H3,(H2,17,18,20). The second-order valence-corrected chi connectivity index (χ2v) is 6.68. The van der Waals surface area contributed by atoms with Gasteiger partial charge in [0.25, 0.3) is 0 Å². The van der Waals surface area contributed by atoms with E-state index in [0.29, 0.717) is 16.7 Å². The Balaban J connectivity index is 1.71. The highest BCUT2D eigenvalue weighted by molar-refractivity contribution is 7.98. The van der Waals surface area contributed by atoms with Crippen LogP contribution < -0.4 is 10.5 Å². The Hall–Kier alpha value is -2.12. The molecule has 118 valence electrons. The van der Waals surface area contributed by atoms with Crippen LogP contribution in [-0.2, 0) is 5.75 Å². The van der Waals surface area contributed by atoms with E-state index in [9.17, 15) is 0 Å². The van der Waals surface area contributed by atoms with Gasteiger partial charge in [-0.05, 0) is 19.1 Å². The molecule has 0 spiro atoms. The van der Waals surface area contributed by atoms with Crippen LogP contribution in [0.15, 0.2) is 40.9 Å². The molecule has 3 aromatic rings. The topological polar surface area (TPSA) is 73.9 Å². The number of nitrogens with two attached hydrogens (primary N) is 1. The van der Waals surface area contributed by atoms with Crippen molar-refractivity contribution in [3.8, 4) is 16.3 Å². The number of hydrogen-bond acceptors (Lipinski definition) is 7. The van der Waals surface area contributed by atoms with E-state index in [1.54, 1.807) is 24.5 Å². The number of anilines is 1. The van der Waals surface area contributed by atoms with Crippen molar-refractivity contribution in [2.24, 2.45) is 0 Å². The van der Waals surface area contributed by atoms with E-state index in [1.165, 1.54) is 11.8 Å². The third-order valence-electron chi connectivity index (χ3n) is 3.07. The zero-order valence-electron chi connectivity index (χ0n) is 12.8. The minimum atomic E-state index is 0.496. The van der Waals surface area contributed by atoms with Gasteiger partial charge in [0.15, 0.2) is 5.16 Å². The van der Waals surface area contributed by atoms with Gasteiger partial charge in [-0.2, -0.15) is 0 Å². The summed E-state index contributed by atoms with van der Waals surface area (Å²) in [4.78, 5) is 13.3. The fourth-order valence-electron chi connectivity index (χ4n) is 2.03. The van der Waals surface area contributed by atoms with Crippen molar-refractivity contribution in [2.75, 3.05) is 12.8 Å². The summed E-state index contributed by atoms with van der Waals surface area (Å²) in [5.74, 6) is 2.04. The molecule has 1 aromatic carbocycles. The predicted octanol–water partition coefficient (Wildman–Crippen LogP) is 3.79. The van der Waals surface area contributed by atoms with Crippen molar-refractivity contribution < 1.29 is 4.74 Å². The van der Waals surface area contributed by atoms with Gasteiger partial charge in [0.1, 0.15) is 16.6 Å². The summed E-state index contributed by atoms with van der Waals surface area (Å²) >= 11 is 3.15. The Kier molecular flexibility index (Phi) is 4.78. The zero-order valence-corrected chi connectivity index (χ0v) is 14.4. The van der Waals surface area contributed by atoms with E-state index >= 15 is 0 Å². The number of ether oxygens (including phenoxy) is 1. The van der Waals surface area contributed by atoms with E-state index in [1.807, 2.05) is 31.2 Å². The van der Waals surface area contributed by atoms with Crippen molar-refractivity contribution in [2.45, 2.75) is 17.8 Å². The maximum absolute atomic E-state index is 5.75. The molecule has 2 aromatic heterocycles. The first-order valence-electron chi connectivity index (χ1n) is 6.97. The van der Waals surface area contributed by atoms with Crippen molar-refractivity contribution in [1.29, 1.82) is 0 Å². The van der Waals surface area contributed by atoms with Crippen LogP contribution in [0.4, 0.5) is 5.82 Å². The molecule has 0 saturated heterocycles. The Bertz CT molecular complexity index is 799. The first-order valence-corrected chi connectivity index (χ1v) is 8.83. The molecule has 0 bridgehead atoms. The van der Waals surface area contributed by atoms with Crippen LogP contribution in [0, 0.1) is 6.92 Å². The number of thiazole rings is 1.